The second kappa shape index (κ2) is 34.8. The first-order valence-corrected chi connectivity index (χ1v) is 22.8. The number of unbranched alkanes of at least 4 members (excludes halogenated alkanes) is 25. The lowest BCUT2D eigenvalue weighted by atomic mass is 10.0. The Balaban J connectivity index is 4.30. The van der Waals surface area contributed by atoms with Crippen molar-refractivity contribution >= 4 is 19.8 Å². The number of ether oxygens (including phenoxy) is 2. The van der Waals surface area contributed by atoms with Gasteiger partial charge in [-0.05, 0) is 12.8 Å². The average Bonchev–Trinajstić information content (AvgIpc) is 3.07. The van der Waals surface area contributed by atoms with Gasteiger partial charge in [0.25, 0.3) is 0 Å². The minimum atomic E-state index is -4.36. The van der Waals surface area contributed by atoms with Gasteiger partial charge in [0.2, 0.25) is 0 Å². The highest BCUT2D eigenvalue weighted by Gasteiger charge is 2.27. The number of nitrogens with zero attached hydrogens (tertiary/aromatic N) is 1. The van der Waals surface area contributed by atoms with Crippen molar-refractivity contribution < 1.29 is 42.1 Å². The fourth-order valence-electron chi connectivity index (χ4n) is 6.01. The highest BCUT2D eigenvalue weighted by atomic mass is 31.2. The topological polar surface area (TPSA) is 108 Å². The van der Waals surface area contributed by atoms with Crippen LogP contribution in [0.5, 0.6) is 0 Å². The zero-order chi connectivity index (χ0) is 37.9. The van der Waals surface area contributed by atoms with Crippen LogP contribution >= 0.6 is 7.82 Å². The molecule has 10 heteroatoms. The SMILES string of the molecule is CCCCCCCCCCCCCCCCCCCC(=O)OC(COC(=O)CCCCCCCCCCCC)COP(=O)(O)OCC[N+](C)(C)C. The van der Waals surface area contributed by atoms with E-state index in [-0.39, 0.29) is 25.6 Å². The van der Waals surface area contributed by atoms with Crippen LogP contribution in [0.15, 0.2) is 0 Å². The van der Waals surface area contributed by atoms with Crippen LogP contribution in [-0.4, -0.2) is 74.9 Å². The first kappa shape index (κ1) is 50.0. The Morgan fingerprint density at radius 1 is 0.529 bits per heavy atom. The monoisotopic (exact) mass is 749 g/mol. The predicted octanol–water partition coefficient (Wildman–Crippen LogP) is 11.6. The molecule has 0 aliphatic heterocycles. The number of phosphoric acid groups is 1. The summed E-state index contributed by atoms with van der Waals surface area (Å²) < 4.78 is 34.2. The number of carbonyl (C=O) groups excluding carboxylic acids is 2. The maximum absolute atomic E-state index is 12.7. The van der Waals surface area contributed by atoms with Gasteiger partial charge in [-0.15, -0.1) is 0 Å². The molecule has 0 spiro atoms. The molecule has 2 atom stereocenters. The molecule has 0 amide bonds. The van der Waals surface area contributed by atoms with E-state index >= 15 is 0 Å². The van der Waals surface area contributed by atoms with Crippen molar-refractivity contribution in [3.63, 3.8) is 0 Å². The highest BCUT2D eigenvalue weighted by Crippen LogP contribution is 2.43. The lowest BCUT2D eigenvalue weighted by Crippen LogP contribution is -2.37. The summed E-state index contributed by atoms with van der Waals surface area (Å²) in [7, 11) is 1.49. The van der Waals surface area contributed by atoms with Gasteiger partial charge in [0.05, 0.1) is 27.7 Å². The number of carbonyl (C=O) groups is 2. The van der Waals surface area contributed by atoms with Gasteiger partial charge in [0.1, 0.15) is 19.8 Å². The molecule has 0 heterocycles. The van der Waals surface area contributed by atoms with E-state index in [0.29, 0.717) is 17.4 Å². The molecule has 0 saturated heterocycles. The minimum Gasteiger partial charge on any atom is -0.462 e. The molecule has 9 nitrogen and oxygen atoms in total. The number of hydrogen-bond donors (Lipinski definition) is 1. The average molecular weight is 749 g/mol. The first-order valence-electron chi connectivity index (χ1n) is 21.3. The largest absolute Gasteiger partial charge is 0.472 e. The Hall–Kier alpha value is -0.990. The van der Waals surface area contributed by atoms with Crippen LogP contribution in [0.1, 0.15) is 200 Å². The third-order valence-electron chi connectivity index (χ3n) is 9.39. The van der Waals surface area contributed by atoms with E-state index in [9.17, 15) is 19.0 Å². The van der Waals surface area contributed by atoms with Crippen LogP contribution in [0.25, 0.3) is 0 Å². The van der Waals surface area contributed by atoms with E-state index in [1.165, 1.54) is 135 Å². The van der Waals surface area contributed by atoms with Gasteiger partial charge >= 0.3 is 19.8 Å². The van der Waals surface area contributed by atoms with Gasteiger partial charge in [-0.25, -0.2) is 4.57 Å². The Bertz CT molecular complexity index is 850. The third kappa shape index (κ3) is 38.5. The van der Waals surface area contributed by atoms with Crippen LogP contribution in [-0.2, 0) is 32.7 Å². The molecule has 51 heavy (non-hydrogen) atoms. The van der Waals surface area contributed by atoms with Crippen LogP contribution in [0.4, 0.5) is 0 Å². The summed E-state index contributed by atoms with van der Waals surface area (Å²) in [6.07, 6.45) is 32.9. The van der Waals surface area contributed by atoms with Gasteiger partial charge < -0.3 is 18.9 Å². The van der Waals surface area contributed by atoms with Gasteiger partial charge in [-0.3, -0.25) is 18.6 Å². The maximum Gasteiger partial charge on any atom is 0.472 e. The van der Waals surface area contributed by atoms with Crippen LogP contribution < -0.4 is 0 Å². The smallest absolute Gasteiger partial charge is 0.462 e. The predicted molar refractivity (Wildman–Crippen MR) is 211 cm³/mol. The molecule has 0 radical (unpaired) electrons. The number of esters is 2. The van der Waals surface area contributed by atoms with Crippen molar-refractivity contribution in [1.82, 2.24) is 0 Å². The standard InChI is InChI=1S/C41H82NO8P/c1-6-8-10-12-14-16-18-19-20-21-22-23-24-26-28-30-32-34-41(44)50-39(38-49-51(45,46)48-36-35-42(3,4)5)37-47-40(43)33-31-29-27-25-17-15-13-11-9-7-2/h39H,6-38H2,1-5H3/p+1. The van der Waals surface area contributed by atoms with Crippen molar-refractivity contribution in [3.05, 3.63) is 0 Å². The molecule has 0 aromatic rings. The summed E-state index contributed by atoms with van der Waals surface area (Å²) in [5.41, 5.74) is 0. The molecule has 0 aromatic heterocycles. The summed E-state index contributed by atoms with van der Waals surface area (Å²) in [6.45, 7) is 4.43. The lowest BCUT2D eigenvalue weighted by Gasteiger charge is -2.24. The molecule has 0 saturated carbocycles. The molecule has 1 N–H and O–H groups in total. The molecule has 0 aromatic carbocycles. The summed E-state index contributed by atoms with van der Waals surface area (Å²) in [4.78, 5) is 35.2. The second-order valence-electron chi connectivity index (χ2n) is 15.7. The lowest BCUT2D eigenvalue weighted by molar-refractivity contribution is -0.870. The summed E-state index contributed by atoms with van der Waals surface area (Å²) in [6, 6.07) is 0. The summed E-state index contributed by atoms with van der Waals surface area (Å²) in [5.74, 6) is -0.788. The first-order chi connectivity index (χ1) is 24.5. The van der Waals surface area contributed by atoms with Crippen molar-refractivity contribution in [3.8, 4) is 0 Å². The van der Waals surface area contributed by atoms with E-state index in [1.54, 1.807) is 0 Å². The van der Waals surface area contributed by atoms with Crippen molar-refractivity contribution in [2.24, 2.45) is 0 Å². The van der Waals surface area contributed by atoms with E-state index < -0.39 is 26.5 Å². The Labute approximate surface area is 314 Å². The van der Waals surface area contributed by atoms with Crippen molar-refractivity contribution in [2.75, 3.05) is 47.5 Å². The molecular weight excluding hydrogens is 665 g/mol. The van der Waals surface area contributed by atoms with Gasteiger partial charge in [-0.1, -0.05) is 174 Å². The normalized spacial score (nSPS) is 13.6. The summed E-state index contributed by atoms with van der Waals surface area (Å²) >= 11 is 0. The molecule has 304 valence electrons. The molecule has 2 unspecified atom stereocenters. The van der Waals surface area contributed by atoms with Gasteiger partial charge in [0, 0.05) is 12.8 Å². The number of phosphoric ester groups is 1. The fraction of sp³-hybridized carbons (Fsp3) is 0.951. The third-order valence-corrected chi connectivity index (χ3v) is 10.4. The Morgan fingerprint density at radius 3 is 1.25 bits per heavy atom. The zero-order valence-corrected chi connectivity index (χ0v) is 35.0. The maximum atomic E-state index is 12.7. The van der Waals surface area contributed by atoms with Crippen LogP contribution in [0.3, 0.4) is 0 Å². The quantitative estimate of drug-likeness (QED) is 0.0286. The number of quaternary nitrogens is 1. The van der Waals surface area contributed by atoms with E-state index in [4.69, 9.17) is 18.5 Å². The van der Waals surface area contributed by atoms with E-state index in [1.807, 2.05) is 21.1 Å². The Kier molecular flexibility index (Phi) is 34.1. The van der Waals surface area contributed by atoms with E-state index in [0.717, 1.165) is 38.5 Å². The van der Waals surface area contributed by atoms with E-state index in [2.05, 4.69) is 13.8 Å². The van der Waals surface area contributed by atoms with Crippen LogP contribution in [0.2, 0.25) is 0 Å². The molecule has 0 aliphatic rings. The molecule has 0 aliphatic carbocycles. The number of rotatable bonds is 39. The van der Waals surface area contributed by atoms with Crippen LogP contribution in [0, 0.1) is 0 Å². The van der Waals surface area contributed by atoms with Gasteiger partial charge in [0.15, 0.2) is 6.10 Å². The molecule has 0 bridgehead atoms. The number of hydrogen-bond acceptors (Lipinski definition) is 7. The fourth-order valence-corrected chi connectivity index (χ4v) is 6.76. The molecular formula is C41H83NO8P+. The zero-order valence-electron chi connectivity index (χ0n) is 34.1. The van der Waals surface area contributed by atoms with Crippen molar-refractivity contribution in [1.29, 1.82) is 0 Å². The number of likely N-dealkylation sites (N-methyl/N-ethyl adjacent to an activating group) is 1. The minimum absolute atomic E-state index is 0.0366. The van der Waals surface area contributed by atoms with Gasteiger partial charge in [-0.2, -0.15) is 0 Å². The Morgan fingerprint density at radius 2 is 0.882 bits per heavy atom. The second-order valence-corrected chi connectivity index (χ2v) is 17.2. The highest BCUT2D eigenvalue weighted by molar-refractivity contribution is 7.47. The molecule has 0 rings (SSSR count). The summed E-state index contributed by atoms with van der Waals surface area (Å²) in [5, 5.41) is 0. The molecule has 0 fully saturated rings. The van der Waals surface area contributed by atoms with Crippen molar-refractivity contribution in [2.45, 2.75) is 206 Å².